The minimum Gasteiger partial charge on any atom is -0.456 e. The Morgan fingerprint density at radius 3 is 1.48 bits per heavy atom. The smallest absolute Gasteiger partial charge is 0.194 e. The number of hydrogen-bond donors (Lipinski definition) is 0. The summed E-state index contributed by atoms with van der Waals surface area (Å²) >= 11 is 0. The van der Waals surface area contributed by atoms with Gasteiger partial charge in [-0.3, -0.25) is 14.4 Å². The summed E-state index contributed by atoms with van der Waals surface area (Å²) in [5, 5.41) is 0.618. The van der Waals surface area contributed by atoms with Crippen LogP contribution in [-0.4, -0.2) is 11.6 Å². The molecule has 0 amide bonds. The van der Waals surface area contributed by atoms with E-state index in [9.17, 15) is 14.4 Å². The quantitative estimate of drug-likeness (QED) is 0.325. The molecule has 0 radical (unpaired) electrons. The minimum absolute atomic E-state index is 0.00861. The summed E-state index contributed by atoms with van der Waals surface area (Å²) in [6, 6.07) is 32.3. The van der Waals surface area contributed by atoms with Gasteiger partial charge in [0.15, 0.2) is 17.0 Å². The normalized spacial score (nSPS) is 11.9. The Labute approximate surface area is 189 Å². The second kappa shape index (κ2) is 8.52. The fraction of sp³-hybridized carbons (Fsp3) is 0. The summed E-state index contributed by atoms with van der Waals surface area (Å²) in [5.74, 6) is 0.478. The topological polar surface area (TPSA) is 64.3 Å². The molecule has 6 rings (SSSR count). The van der Waals surface area contributed by atoms with Crippen LogP contribution in [-0.2, 0) is 0 Å². The van der Waals surface area contributed by atoms with E-state index in [-0.39, 0.29) is 17.0 Å². The molecular weight excluding hydrogens is 412 g/mol. The Hall–Kier alpha value is -4.57. The maximum atomic E-state index is 12.1. The van der Waals surface area contributed by atoms with Gasteiger partial charge < -0.3 is 4.42 Å². The Balaban J connectivity index is 0.000000139. The van der Waals surface area contributed by atoms with Gasteiger partial charge in [0, 0.05) is 33.9 Å². The first kappa shape index (κ1) is 20.3. The van der Waals surface area contributed by atoms with Gasteiger partial charge in [0.25, 0.3) is 0 Å². The van der Waals surface area contributed by atoms with Crippen LogP contribution in [0.3, 0.4) is 0 Å². The lowest BCUT2D eigenvalue weighted by molar-refractivity contribution is 0.0979. The molecule has 0 fully saturated rings. The summed E-state index contributed by atoms with van der Waals surface area (Å²) in [4.78, 5) is 36.1. The molecule has 1 aliphatic rings. The predicted molar refractivity (Wildman–Crippen MR) is 128 cm³/mol. The monoisotopic (exact) mass is 430 g/mol. The molecule has 1 aliphatic carbocycles. The van der Waals surface area contributed by atoms with Crippen LogP contribution in [0.25, 0.3) is 22.3 Å². The Kier molecular flexibility index (Phi) is 5.25. The molecule has 0 aliphatic heterocycles. The number of fused-ring (bicyclic) bond motifs is 3. The van der Waals surface area contributed by atoms with Gasteiger partial charge in [0.05, 0.1) is 5.39 Å². The van der Waals surface area contributed by atoms with E-state index < -0.39 is 0 Å². The number of carbonyl (C=O) groups is 2. The molecule has 0 unspecified atom stereocenters. The molecule has 1 aromatic heterocycles. The highest BCUT2D eigenvalue weighted by molar-refractivity contribution is 6.28. The van der Waals surface area contributed by atoms with Gasteiger partial charge in [-0.15, -0.1) is 0 Å². The summed E-state index contributed by atoms with van der Waals surface area (Å²) in [5.41, 5.74) is 3.55. The molecule has 1 heterocycles. The summed E-state index contributed by atoms with van der Waals surface area (Å²) in [6.07, 6.45) is 0. The van der Waals surface area contributed by atoms with Crippen LogP contribution in [0.4, 0.5) is 0 Å². The largest absolute Gasteiger partial charge is 0.456 e. The van der Waals surface area contributed by atoms with E-state index in [1.54, 1.807) is 54.6 Å². The minimum atomic E-state index is -0.0641. The molecule has 5 aromatic rings. The number of hydrogen-bond acceptors (Lipinski definition) is 4. The molecule has 4 heteroatoms. The molecule has 33 heavy (non-hydrogen) atoms. The summed E-state index contributed by atoms with van der Waals surface area (Å²) < 4.78 is 5.73. The molecular formula is C29H18O4. The standard InChI is InChI=1S/C15H10O2.C14H8O2/c16-13-10-15(11-6-2-1-3-7-11)17-14-9-5-4-8-12(13)14;15-13-9-5-1-2-6-10(9)14(16)12-8-4-3-7-11(12)13/h1-10H;1-8H. The molecule has 0 N–H and O–H groups in total. The Morgan fingerprint density at radius 1 is 0.485 bits per heavy atom. The van der Waals surface area contributed by atoms with E-state index in [1.165, 1.54) is 6.07 Å². The van der Waals surface area contributed by atoms with Crippen molar-refractivity contribution in [1.82, 2.24) is 0 Å². The zero-order valence-electron chi connectivity index (χ0n) is 17.5. The van der Waals surface area contributed by atoms with E-state index >= 15 is 0 Å². The summed E-state index contributed by atoms with van der Waals surface area (Å²) in [6.45, 7) is 0. The van der Waals surface area contributed by atoms with Gasteiger partial charge >= 0.3 is 0 Å². The Bertz CT molecular complexity index is 1460. The lowest BCUT2D eigenvalue weighted by Gasteiger charge is -2.16. The zero-order valence-corrected chi connectivity index (χ0v) is 17.5. The highest BCUT2D eigenvalue weighted by Crippen LogP contribution is 2.26. The first-order valence-corrected chi connectivity index (χ1v) is 10.5. The summed E-state index contributed by atoms with van der Waals surface area (Å²) in [7, 11) is 0. The van der Waals surface area contributed by atoms with Crippen LogP contribution in [0.5, 0.6) is 0 Å². The molecule has 158 valence electrons. The second-order valence-corrected chi connectivity index (χ2v) is 7.59. The van der Waals surface area contributed by atoms with E-state index in [0.29, 0.717) is 39.0 Å². The third kappa shape index (κ3) is 3.79. The van der Waals surface area contributed by atoms with Crippen LogP contribution < -0.4 is 5.43 Å². The first-order chi connectivity index (χ1) is 16.1. The molecule has 0 atom stereocenters. The molecule has 4 nitrogen and oxygen atoms in total. The van der Waals surface area contributed by atoms with Crippen LogP contribution in [0.2, 0.25) is 0 Å². The lowest BCUT2D eigenvalue weighted by atomic mass is 9.84. The number of rotatable bonds is 1. The molecule has 0 bridgehead atoms. The van der Waals surface area contributed by atoms with Crippen molar-refractivity contribution >= 4 is 22.5 Å². The molecule has 0 spiro atoms. The van der Waals surface area contributed by atoms with Crippen molar-refractivity contribution < 1.29 is 14.0 Å². The van der Waals surface area contributed by atoms with Crippen molar-refractivity contribution in [2.75, 3.05) is 0 Å². The molecule has 0 saturated heterocycles. The van der Waals surface area contributed by atoms with Crippen LogP contribution >= 0.6 is 0 Å². The van der Waals surface area contributed by atoms with Gasteiger partial charge in [-0.05, 0) is 12.1 Å². The van der Waals surface area contributed by atoms with Gasteiger partial charge in [0.1, 0.15) is 11.3 Å². The predicted octanol–water partition coefficient (Wildman–Crippen LogP) is 5.92. The van der Waals surface area contributed by atoms with Gasteiger partial charge in [-0.2, -0.15) is 0 Å². The van der Waals surface area contributed by atoms with Gasteiger partial charge in [-0.25, -0.2) is 0 Å². The second-order valence-electron chi connectivity index (χ2n) is 7.59. The third-order valence-corrected chi connectivity index (χ3v) is 5.53. The maximum absolute atomic E-state index is 12.1. The van der Waals surface area contributed by atoms with Gasteiger partial charge in [-0.1, -0.05) is 91.0 Å². The highest BCUT2D eigenvalue weighted by atomic mass is 16.3. The van der Waals surface area contributed by atoms with Crippen LogP contribution in [0.1, 0.15) is 31.8 Å². The fourth-order valence-electron chi connectivity index (χ4n) is 3.90. The van der Waals surface area contributed by atoms with Crippen molar-refractivity contribution in [3.63, 3.8) is 0 Å². The molecule has 4 aromatic carbocycles. The highest BCUT2D eigenvalue weighted by Gasteiger charge is 2.28. The van der Waals surface area contributed by atoms with Crippen molar-refractivity contribution in [1.29, 1.82) is 0 Å². The first-order valence-electron chi connectivity index (χ1n) is 10.5. The van der Waals surface area contributed by atoms with Crippen molar-refractivity contribution in [3.8, 4) is 11.3 Å². The van der Waals surface area contributed by atoms with E-state index in [0.717, 1.165) is 5.56 Å². The number of ketones is 2. The SMILES string of the molecule is O=C1c2ccccc2C(=O)c2ccccc21.O=c1cc(-c2ccccc2)oc2ccccc12. The fourth-order valence-corrected chi connectivity index (χ4v) is 3.90. The third-order valence-electron chi connectivity index (χ3n) is 5.53. The van der Waals surface area contributed by atoms with Crippen LogP contribution in [0, 0.1) is 0 Å². The van der Waals surface area contributed by atoms with Gasteiger partial charge in [0.2, 0.25) is 0 Å². The van der Waals surface area contributed by atoms with Crippen molar-refractivity contribution in [2.24, 2.45) is 0 Å². The average Bonchev–Trinajstić information content (AvgIpc) is 2.88. The maximum Gasteiger partial charge on any atom is 0.194 e. The van der Waals surface area contributed by atoms with Crippen molar-refractivity contribution in [2.45, 2.75) is 0 Å². The van der Waals surface area contributed by atoms with Crippen molar-refractivity contribution in [3.05, 3.63) is 142 Å². The number of benzene rings is 4. The number of para-hydroxylation sites is 1. The number of carbonyl (C=O) groups excluding carboxylic acids is 2. The average molecular weight is 430 g/mol. The zero-order chi connectivity index (χ0) is 22.8. The lowest BCUT2D eigenvalue weighted by Crippen LogP contribution is -2.20. The van der Waals surface area contributed by atoms with Crippen LogP contribution in [0.15, 0.2) is 118 Å². The Morgan fingerprint density at radius 2 is 0.939 bits per heavy atom. The van der Waals surface area contributed by atoms with E-state index in [1.807, 2.05) is 48.5 Å². The van der Waals surface area contributed by atoms with E-state index in [4.69, 9.17) is 4.42 Å². The van der Waals surface area contributed by atoms with E-state index in [2.05, 4.69) is 0 Å². The molecule has 0 saturated carbocycles.